The fourth-order valence-corrected chi connectivity index (χ4v) is 8.36. The molecule has 0 aliphatic carbocycles. The van der Waals surface area contributed by atoms with Gasteiger partial charge in [-0.15, -0.1) is 0 Å². The molecule has 0 unspecified atom stereocenters. The second-order valence-electron chi connectivity index (χ2n) is 15.2. The normalized spacial score (nSPS) is 21.9. The Morgan fingerprint density at radius 2 is 1.87 bits per heavy atom. The highest BCUT2D eigenvalue weighted by atomic mass is 35.5. The number of fused-ring (bicyclic) bond motifs is 3. The van der Waals surface area contributed by atoms with E-state index in [4.69, 9.17) is 45.3 Å². The molecule has 0 bridgehead atoms. The number of halogens is 3. The summed E-state index contributed by atoms with van der Waals surface area (Å²) in [6.07, 6.45) is 1.36. The van der Waals surface area contributed by atoms with Crippen LogP contribution in [0.1, 0.15) is 53.4 Å². The van der Waals surface area contributed by atoms with Crippen molar-refractivity contribution < 1.29 is 37.3 Å². The van der Waals surface area contributed by atoms with E-state index in [1.165, 1.54) is 14.2 Å². The summed E-state index contributed by atoms with van der Waals surface area (Å²) >= 11 is 6.75. The van der Waals surface area contributed by atoms with Crippen molar-refractivity contribution in [1.29, 1.82) is 0 Å². The molecule has 3 saturated heterocycles. The van der Waals surface area contributed by atoms with Gasteiger partial charge in [0.15, 0.2) is 12.6 Å². The SMILES string of the molecule is CC[C@@H]1CN(c2nc(OC[C@@]34CCCN3C[C@H](F)C4)nc3c(F)c(-c4cc(OCOC)cc5cccc(Cl)c45)nc(OC)c23)CCN1C(=O)OC(C)(C)C. The molecule has 0 spiro atoms. The minimum atomic E-state index is -0.949. The summed E-state index contributed by atoms with van der Waals surface area (Å²) in [5, 5.41) is 1.91. The number of aromatic nitrogens is 3. The fourth-order valence-electron chi connectivity index (χ4n) is 8.08. The van der Waals surface area contributed by atoms with Crippen LogP contribution >= 0.6 is 11.6 Å². The number of carbonyl (C=O) groups excluding carboxylic acids is 1. The summed E-state index contributed by atoms with van der Waals surface area (Å²) in [7, 11) is 2.97. The summed E-state index contributed by atoms with van der Waals surface area (Å²) in [5.41, 5.74) is -0.909. The quantitative estimate of drug-likeness (QED) is 0.150. The second-order valence-corrected chi connectivity index (χ2v) is 15.6. The highest BCUT2D eigenvalue weighted by Crippen LogP contribution is 2.44. The lowest BCUT2D eigenvalue weighted by Gasteiger charge is -2.42. The van der Waals surface area contributed by atoms with Crippen molar-refractivity contribution in [1.82, 2.24) is 24.8 Å². The number of nitrogens with zero attached hydrogens (tertiary/aromatic N) is 6. The summed E-state index contributed by atoms with van der Waals surface area (Å²) in [4.78, 5) is 33.4. The Kier molecular flexibility index (Phi) is 10.6. The molecule has 3 atom stereocenters. The van der Waals surface area contributed by atoms with Crippen LogP contribution in [-0.2, 0) is 9.47 Å². The zero-order valence-corrected chi connectivity index (χ0v) is 32.3. The summed E-state index contributed by atoms with van der Waals surface area (Å²) < 4.78 is 61.0. The largest absolute Gasteiger partial charge is 0.480 e. The van der Waals surface area contributed by atoms with Gasteiger partial charge in [0.2, 0.25) is 5.88 Å². The van der Waals surface area contributed by atoms with Gasteiger partial charge in [-0.3, -0.25) is 4.90 Å². The number of anilines is 1. The molecule has 54 heavy (non-hydrogen) atoms. The third-order valence-corrected chi connectivity index (χ3v) is 10.8. The van der Waals surface area contributed by atoms with E-state index in [-0.39, 0.29) is 47.9 Å². The van der Waals surface area contributed by atoms with E-state index in [1.807, 2.05) is 38.7 Å². The van der Waals surface area contributed by atoms with Crippen LogP contribution < -0.4 is 19.1 Å². The van der Waals surface area contributed by atoms with Crippen LogP contribution in [0.2, 0.25) is 5.02 Å². The molecule has 12 nitrogen and oxygen atoms in total. The Balaban J connectivity index is 1.37. The number of pyridine rings is 1. The number of benzene rings is 2. The van der Waals surface area contributed by atoms with Gasteiger partial charge in [-0.2, -0.15) is 9.97 Å². The zero-order valence-electron chi connectivity index (χ0n) is 31.6. The van der Waals surface area contributed by atoms with E-state index in [2.05, 4.69) is 9.88 Å². The van der Waals surface area contributed by atoms with Crippen LogP contribution in [-0.4, -0.2) is 115 Å². The molecule has 3 aliphatic heterocycles. The van der Waals surface area contributed by atoms with Crippen LogP contribution in [0.25, 0.3) is 32.9 Å². The molecule has 1 amide bonds. The van der Waals surface area contributed by atoms with Crippen molar-refractivity contribution in [3.8, 4) is 28.9 Å². The first kappa shape index (κ1) is 38.0. The summed E-state index contributed by atoms with van der Waals surface area (Å²) in [5.74, 6) is 0.119. The maximum absolute atomic E-state index is 17.4. The first-order chi connectivity index (χ1) is 25.8. The van der Waals surface area contributed by atoms with Crippen LogP contribution in [0.5, 0.6) is 17.6 Å². The predicted octanol–water partition coefficient (Wildman–Crippen LogP) is 7.42. The molecular formula is C39H47ClF2N6O6. The third kappa shape index (κ3) is 7.27. The molecule has 3 aliphatic rings. The monoisotopic (exact) mass is 768 g/mol. The topological polar surface area (TPSA) is 112 Å². The minimum Gasteiger partial charge on any atom is -0.480 e. The average molecular weight is 769 g/mol. The molecule has 5 heterocycles. The Morgan fingerprint density at radius 3 is 2.61 bits per heavy atom. The van der Waals surface area contributed by atoms with Crippen molar-refractivity contribution in [2.24, 2.45) is 0 Å². The summed E-state index contributed by atoms with van der Waals surface area (Å²) in [6, 6.07) is 8.54. The van der Waals surface area contributed by atoms with Gasteiger partial charge in [0, 0.05) is 55.7 Å². The van der Waals surface area contributed by atoms with Crippen LogP contribution in [0.4, 0.5) is 19.4 Å². The van der Waals surface area contributed by atoms with Gasteiger partial charge in [0.25, 0.3) is 0 Å². The van der Waals surface area contributed by atoms with Crippen LogP contribution in [0.15, 0.2) is 30.3 Å². The van der Waals surface area contributed by atoms with E-state index in [9.17, 15) is 9.18 Å². The molecule has 0 N–H and O–H groups in total. The van der Waals surface area contributed by atoms with Gasteiger partial charge in [-0.1, -0.05) is 30.7 Å². The summed E-state index contributed by atoms with van der Waals surface area (Å²) in [6.45, 7) is 9.84. The molecule has 2 aromatic heterocycles. The lowest BCUT2D eigenvalue weighted by Crippen LogP contribution is -2.56. The van der Waals surface area contributed by atoms with Crippen LogP contribution in [0, 0.1) is 5.82 Å². The first-order valence-corrected chi connectivity index (χ1v) is 18.8. The number of hydrogen-bond donors (Lipinski definition) is 0. The lowest BCUT2D eigenvalue weighted by atomic mass is 9.95. The maximum Gasteiger partial charge on any atom is 0.410 e. The predicted molar refractivity (Wildman–Crippen MR) is 202 cm³/mol. The molecule has 0 saturated carbocycles. The number of carbonyl (C=O) groups is 1. The Labute approximate surface area is 318 Å². The van der Waals surface area contributed by atoms with E-state index < -0.39 is 29.2 Å². The van der Waals surface area contributed by atoms with Crippen molar-refractivity contribution in [3.05, 3.63) is 41.2 Å². The van der Waals surface area contributed by atoms with Crippen molar-refractivity contribution >= 4 is 45.2 Å². The van der Waals surface area contributed by atoms with Gasteiger partial charge < -0.3 is 33.5 Å². The third-order valence-electron chi connectivity index (χ3n) is 10.5. The van der Waals surface area contributed by atoms with Gasteiger partial charge in [-0.05, 0) is 70.2 Å². The minimum absolute atomic E-state index is 0.0260. The number of alkyl halides is 1. The van der Waals surface area contributed by atoms with E-state index in [0.717, 1.165) is 19.4 Å². The molecule has 2 aromatic carbocycles. The zero-order chi connectivity index (χ0) is 38.4. The number of hydrogen-bond acceptors (Lipinski definition) is 11. The fraction of sp³-hybridized carbons (Fsp3) is 0.538. The van der Waals surface area contributed by atoms with Gasteiger partial charge in [-0.25, -0.2) is 18.6 Å². The highest BCUT2D eigenvalue weighted by molar-refractivity contribution is 6.36. The number of rotatable bonds is 10. The molecular weight excluding hydrogens is 722 g/mol. The van der Waals surface area contributed by atoms with Crippen molar-refractivity contribution in [3.63, 3.8) is 0 Å². The Hall–Kier alpha value is -4.27. The highest BCUT2D eigenvalue weighted by Gasteiger charge is 2.49. The molecule has 290 valence electrons. The van der Waals surface area contributed by atoms with Gasteiger partial charge in [0.05, 0.1) is 18.7 Å². The maximum atomic E-state index is 17.4. The average Bonchev–Trinajstić information content (AvgIpc) is 3.67. The van der Waals surface area contributed by atoms with Crippen molar-refractivity contribution in [2.45, 2.75) is 76.7 Å². The molecule has 7 rings (SSSR count). The lowest BCUT2D eigenvalue weighted by molar-refractivity contribution is 0.0136. The molecule has 0 radical (unpaired) electrons. The molecule has 3 fully saturated rings. The van der Waals surface area contributed by atoms with E-state index >= 15 is 4.39 Å². The second kappa shape index (κ2) is 15.1. The standard InChI is InChI=1S/C39H47ClF2N6O6/c1-7-25-20-46(14-15-48(25)37(49)54-38(2,3)4)34-30-33(44-36(45-34)52-21-39-12-9-13-47(39)19-24(41)18-39)31(42)32(43-35(30)51-6)27-17-26(53-22-50-5)16-23-10-8-11-28(40)29(23)27/h8,10-11,16-17,24-25H,7,9,12-15,18-22H2,1-6H3/t24-,25-,39+/m1/s1. The van der Waals surface area contributed by atoms with Crippen LogP contribution in [0.3, 0.4) is 0 Å². The van der Waals surface area contributed by atoms with Gasteiger partial charge in [0.1, 0.15) is 46.5 Å². The Bertz CT molecular complexity index is 2050. The number of amides is 1. The smallest absolute Gasteiger partial charge is 0.410 e. The molecule has 15 heteroatoms. The van der Waals surface area contributed by atoms with E-state index in [0.29, 0.717) is 71.9 Å². The number of piperazine rings is 1. The first-order valence-electron chi connectivity index (χ1n) is 18.4. The van der Waals surface area contributed by atoms with Gasteiger partial charge >= 0.3 is 12.1 Å². The van der Waals surface area contributed by atoms with Crippen molar-refractivity contribution in [2.75, 3.05) is 65.2 Å². The number of methoxy groups -OCH3 is 2. The number of ether oxygens (including phenoxy) is 5. The van der Waals surface area contributed by atoms with E-state index in [1.54, 1.807) is 29.2 Å². The Morgan fingerprint density at radius 1 is 1.06 bits per heavy atom. The molecule has 4 aromatic rings.